The molecule has 1 aliphatic rings. The normalized spacial score (nSPS) is 12.2. The van der Waals surface area contributed by atoms with Crippen LogP contribution in [0.4, 0.5) is 0 Å². The molecule has 218 valence electrons. The molecular formula is C44H26N2S. The van der Waals surface area contributed by atoms with Crippen molar-refractivity contribution in [1.82, 2.24) is 9.97 Å². The zero-order valence-corrected chi connectivity index (χ0v) is 26.1. The fraction of sp³-hybridized carbons (Fsp3) is 0. The summed E-state index contributed by atoms with van der Waals surface area (Å²) < 4.78 is 0. The lowest BCUT2D eigenvalue weighted by atomic mass is 9.92. The standard InChI is InChI=1S/C44H26N2S/c1-3-10-29-24-31(18-16-27(29)8-1)32-20-22-40-38(26-32)35-14-7-13-34-36(21-23-41(47-40)42(34)35)44-45-39-15-6-5-12-37(39)43(46-44)33-19-17-28-9-2-4-11-30(28)25-33/h1-26H. The molecule has 9 aromatic rings. The van der Waals surface area contributed by atoms with Crippen molar-refractivity contribution in [2.75, 3.05) is 0 Å². The number of para-hydroxylation sites is 1. The van der Waals surface area contributed by atoms with Crippen LogP contribution >= 0.6 is 11.8 Å². The monoisotopic (exact) mass is 614 g/mol. The van der Waals surface area contributed by atoms with Crippen molar-refractivity contribution < 1.29 is 0 Å². The largest absolute Gasteiger partial charge is 0.228 e. The number of benzene rings is 8. The van der Waals surface area contributed by atoms with E-state index < -0.39 is 0 Å². The Kier molecular flexibility index (Phi) is 5.84. The van der Waals surface area contributed by atoms with Gasteiger partial charge >= 0.3 is 0 Å². The van der Waals surface area contributed by atoms with Gasteiger partial charge in [-0.15, -0.1) is 0 Å². The summed E-state index contributed by atoms with van der Waals surface area (Å²) >= 11 is 1.85. The molecule has 0 aliphatic carbocycles. The Morgan fingerprint density at radius 1 is 0.383 bits per heavy atom. The van der Waals surface area contributed by atoms with Gasteiger partial charge in [-0.1, -0.05) is 127 Å². The van der Waals surface area contributed by atoms with Gasteiger partial charge in [-0.25, -0.2) is 9.97 Å². The van der Waals surface area contributed by atoms with Crippen LogP contribution in [0.1, 0.15) is 0 Å². The summed E-state index contributed by atoms with van der Waals surface area (Å²) in [6, 6.07) is 56.8. The van der Waals surface area contributed by atoms with Crippen LogP contribution in [0.15, 0.2) is 168 Å². The van der Waals surface area contributed by atoms with E-state index in [-0.39, 0.29) is 0 Å². The van der Waals surface area contributed by atoms with Crippen LogP contribution in [0.5, 0.6) is 0 Å². The average Bonchev–Trinajstić information content (AvgIpc) is 3.14. The molecule has 8 aromatic carbocycles. The van der Waals surface area contributed by atoms with Crippen molar-refractivity contribution in [3.63, 3.8) is 0 Å². The lowest BCUT2D eigenvalue weighted by Gasteiger charge is -2.22. The van der Waals surface area contributed by atoms with Gasteiger partial charge < -0.3 is 0 Å². The quantitative estimate of drug-likeness (QED) is 0.198. The third-order valence-electron chi connectivity index (χ3n) is 9.44. The van der Waals surface area contributed by atoms with Gasteiger partial charge in [-0.2, -0.15) is 0 Å². The van der Waals surface area contributed by atoms with E-state index in [4.69, 9.17) is 9.97 Å². The second-order valence-electron chi connectivity index (χ2n) is 12.2. The van der Waals surface area contributed by atoms with E-state index in [0.717, 1.165) is 33.5 Å². The zero-order chi connectivity index (χ0) is 30.9. The molecule has 47 heavy (non-hydrogen) atoms. The van der Waals surface area contributed by atoms with E-state index in [2.05, 4.69) is 158 Å². The Morgan fingerprint density at radius 2 is 1.02 bits per heavy atom. The average molecular weight is 615 g/mol. The van der Waals surface area contributed by atoms with E-state index in [1.54, 1.807) is 0 Å². The molecule has 0 radical (unpaired) electrons. The molecule has 3 heteroatoms. The summed E-state index contributed by atoms with van der Waals surface area (Å²) in [5.74, 6) is 0.747. The lowest BCUT2D eigenvalue weighted by molar-refractivity contribution is 1.23. The van der Waals surface area contributed by atoms with Crippen LogP contribution < -0.4 is 0 Å². The highest BCUT2D eigenvalue weighted by molar-refractivity contribution is 7.99. The Bertz CT molecular complexity index is 2730. The van der Waals surface area contributed by atoms with Crippen LogP contribution in [0.3, 0.4) is 0 Å². The molecule has 1 aliphatic heterocycles. The molecule has 0 atom stereocenters. The molecular weight excluding hydrogens is 589 g/mol. The van der Waals surface area contributed by atoms with Crippen LogP contribution in [0, 0.1) is 0 Å². The second-order valence-corrected chi connectivity index (χ2v) is 13.3. The molecule has 0 bridgehead atoms. The maximum atomic E-state index is 5.31. The van der Waals surface area contributed by atoms with Gasteiger partial charge in [0.15, 0.2) is 5.82 Å². The van der Waals surface area contributed by atoms with E-state index >= 15 is 0 Å². The summed E-state index contributed by atoms with van der Waals surface area (Å²) in [4.78, 5) is 13.0. The van der Waals surface area contributed by atoms with Gasteiger partial charge in [0.05, 0.1) is 11.2 Å². The van der Waals surface area contributed by atoms with E-state index in [0.29, 0.717) is 0 Å². The second kappa shape index (κ2) is 10.4. The van der Waals surface area contributed by atoms with Gasteiger partial charge in [-0.3, -0.25) is 0 Å². The van der Waals surface area contributed by atoms with Crippen LogP contribution in [-0.2, 0) is 0 Å². The molecule has 0 saturated heterocycles. The highest BCUT2D eigenvalue weighted by atomic mass is 32.2. The SMILES string of the molecule is c1ccc2cc(-c3ccc4c(c3)-c3cccc5c(-c6nc(-c7ccc8ccccc8c7)c7ccccc7n6)ccc(c35)S4)ccc2c1. The van der Waals surface area contributed by atoms with Crippen molar-refractivity contribution in [2.24, 2.45) is 0 Å². The molecule has 0 N–H and O–H groups in total. The van der Waals surface area contributed by atoms with Gasteiger partial charge in [0.25, 0.3) is 0 Å². The molecule has 0 fully saturated rings. The smallest absolute Gasteiger partial charge is 0.161 e. The Labute approximate surface area is 276 Å². The maximum Gasteiger partial charge on any atom is 0.161 e. The van der Waals surface area contributed by atoms with Crippen molar-refractivity contribution in [3.05, 3.63) is 158 Å². The first-order valence-electron chi connectivity index (χ1n) is 15.9. The summed E-state index contributed by atoms with van der Waals surface area (Å²) in [5.41, 5.74) is 9.03. The minimum absolute atomic E-state index is 0.747. The highest BCUT2D eigenvalue weighted by Gasteiger charge is 2.23. The fourth-order valence-corrected chi connectivity index (χ4v) is 8.24. The summed E-state index contributed by atoms with van der Waals surface area (Å²) in [7, 11) is 0. The van der Waals surface area contributed by atoms with Gasteiger partial charge in [0, 0.05) is 31.7 Å². The van der Waals surface area contributed by atoms with Crippen LogP contribution in [0.25, 0.3) is 88.1 Å². The van der Waals surface area contributed by atoms with E-state index in [1.165, 1.54) is 64.4 Å². The number of hydrogen-bond donors (Lipinski definition) is 0. The van der Waals surface area contributed by atoms with Crippen LogP contribution in [0.2, 0.25) is 0 Å². The molecule has 0 spiro atoms. The van der Waals surface area contributed by atoms with Gasteiger partial charge in [0.1, 0.15) is 0 Å². The summed E-state index contributed by atoms with van der Waals surface area (Å²) in [5, 5.41) is 8.44. The molecule has 1 aromatic heterocycles. The van der Waals surface area contributed by atoms with Crippen molar-refractivity contribution in [3.8, 4) is 44.9 Å². The zero-order valence-electron chi connectivity index (χ0n) is 25.3. The first-order valence-corrected chi connectivity index (χ1v) is 16.7. The number of fused-ring (bicyclic) bond motifs is 5. The lowest BCUT2D eigenvalue weighted by Crippen LogP contribution is -1.98. The fourth-order valence-electron chi connectivity index (χ4n) is 7.13. The predicted molar refractivity (Wildman–Crippen MR) is 198 cm³/mol. The minimum atomic E-state index is 0.747. The van der Waals surface area contributed by atoms with Crippen molar-refractivity contribution in [2.45, 2.75) is 9.79 Å². The van der Waals surface area contributed by atoms with E-state index in [9.17, 15) is 0 Å². The maximum absolute atomic E-state index is 5.31. The number of hydrogen-bond acceptors (Lipinski definition) is 3. The molecule has 0 unspecified atom stereocenters. The third kappa shape index (κ3) is 4.28. The number of aromatic nitrogens is 2. The molecule has 0 amide bonds. The Hall–Kier alpha value is -5.77. The van der Waals surface area contributed by atoms with Crippen LogP contribution in [-0.4, -0.2) is 9.97 Å². The topological polar surface area (TPSA) is 25.8 Å². The summed E-state index contributed by atoms with van der Waals surface area (Å²) in [6.45, 7) is 0. The Balaban J connectivity index is 1.15. The minimum Gasteiger partial charge on any atom is -0.228 e. The number of rotatable bonds is 3. The van der Waals surface area contributed by atoms with Gasteiger partial charge in [0.2, 0.25) is 0 Å². The first-order chi connectivity index (χ1) is 23.3. The van der Waals surface area contributed by atoms with Crippen molar-refractivity contribution >= 4 is 55.0 Å². The molecule has 0 saturated carbocycles. The molecule has 2 nitrogen and oxygen atoms in total. The van der Waals surface area contributed by atoms with Gasteiger partial charge in [-0.05, 0) is 91.6 Å². The van der Waals surface area contributed by atoms with Crippen molar-refractivity contribution in [1.29, 1.82) is 0 Å². The first kappa shape index (κ1) is 26.4. The number of nitrogens with zero attached hydrogens (tertiary/aromatic N) is 2. The third-order valence-corrected chi connectivity index (χ3v) is 10.6. The molecule has 2 heterocycles. The Morgan fingerprint density at radius 3 is 1.85 bits per heavy atom. The summed E-state index contributed by atoms with van der Waals surface area (Å²) in [6.07, 6.45) is 0. The predicted octanol–water partition coefficient (Wildman–Crippen LogP) is 12.2. The molecule has 10 rings (SSSR count). The highest BCUT2D eigenvalue weighted by Crippen LogP contribution is 2.50. The van der Waals surface area contributed by atoms with E-state index in [1.807, 2.05) is 11.8 Å².